The predicted molar refractivity (Wildman–Crippen MR) is 155 cm³/mol. The molecule has 0 aromatic carbocycles. The number of allylic oxidation sites excluding steroid dienone is 2. The van der Waals surface area contributed by atoms with Crippen molar-refractivity contribution in [3.63, 3.8) is 0 Å². The van der Waals surface area contributed by atoms with Crippen LogP contribution < -0.4 is 0 Å². The van der Waals surface area contributed by atoms with Gasteiger partial charge in [0.2, 0.25) is 0 Å². The van der Waals surface area contributed by atoms with E-state index in [-0.39, 0.29) is 26.1 Å². The number of rotatable bonds is 26. The van der Waals surface area contributed by atoms with Gasteiger partial charge in [-0.05, 0) is 32.1 Å². The number of likely N-dealkylation sites (N-methyl/N-ethyl adjacent to an activating group) is 1. The van der Waals surface area contributed by atoms with E-state index in [0.29, 0.717) is 17.4 Å². The molecule has 0 rings (SSSR count). The van der Waals surface area contributed by atoms with E-state index in [2.05, 4.69) is 19.1 Å². The van der Waals surface area contributed by atoms with Crippen molar-refractivity contribution in [1.29, 1.82) is 0 Å². The van der Waals surface area contributed by atoms with Gasteiger partial charge in [0.15, 0.2) is 6.10 Å². The SMILES string of the molecule is CCCCCCCC/C=C\CCCCCCCC(=O)OC(COC(=O)CC)COP(=O)(O)OCC[N+](C)(C)C. The molecule has 0 aromatic rings. The van der Waals surface area contributed by atoms with Crippen LogP contribution in [0.4, 0.5) is 0 Å². The summed E-state index contributed by atoms with van der Waals surface area (Å²) < 4.78 is 33.2. The highest BCUT2D eigenvalue weighted by Crippen LogP contribution is 2.43. The summed E-state index contributed by atoms with van der Waals surface area (Å²) >= 11 is 0. The molecule has 10 heteroatoms. The Kier molecular flexibility index (Phi) is 22.7. The lowest BCUT2D eigenvalue weighted by Crippen LogP contribution is -2.37. The number of unbranched alkanes of at least 4 members (excludes halogenated alkanes) is 11. The van der Waals surface area contributed by atoms with E-state index >= 15 is 0 Å². The van der Waals surface area contributed by atoms with Gasteiger partial charge in [-0.2, -0.15) is 0 Å². The van der Waals surface area contributed by atoms with Crippen LogP contribution in [0.25, 0.3) is 0 Å². The normalized spacial score (nSPS) is 14.3. The van der Waals surface area contributed by atoms with Crippen molar-refractivity contribution >= 4 is 19.8 Å². The molecule has 39 heavy (non-hydrogen) atoms. The molecule has 2 unspecified atom stereocenters. The topological polar surface area (TPSA) is 108 Å². The van der Waals surface area contributed by atoms with E-state index in [9.17, 15) is 19.0 Å². The first-order chi connectivity index (χ1) is 18.5. The molecule has 0 bridgehead atoms. The van der Waals surface area contributed by atoms with E-state index in [1.807, 2.05) is 21.1 Å². The highest BCUT2D eigenvalue weighted by Gasteiger charge is 2.26. The van der Waals surface area contributed by atoms with Crippen LogP contribution in [0.5, 0.6) is 0 Å². The maximum Gasteiger partial charge on any atom is 0.472 e. The number of phosphoric acid groups is 1. The monoisotopic (exact) mass is 578 g/mol. The molecule has 2 atom stereocenters. The maximum atomic E-state index is 12.3. The third-order valence-electron chi connectivity index (χ3n) is 6.10. The van der Waals surface area contributed by atoms with E-state index in [4.69, 9.17) is 18.5 Å². The summed E-state index contributed by atoms with van der Waals surface area (Å²) in [6.45, 7) is 3.78. The predicted octanol–water partition coefficient (Wildman–Crippen LogP) is 6.73. The fraction of sp³-hybridized carbons (Fsp3) is 0.862. The number of ether oxygens (including phenoxy) is 2. The van der Waals surface area contributed by atoms with Gasteiger partial charge in [-0.3, -0.25) is 18.6 Å². The Hall–Kier alpha value is -1.25. The summed E-state index contributed by atoms with van der Waals surface area (Å²) in [6.07, 6.45) is 19.2. The summed E-state index contributed by atoms with van der Waals surface area (Å²) in [4.78, 5) is 33.8. The Balaban J connectivity index is 4.15. The molecule has 0 aromatic heterocycles. The number of carbonyl (C=O) groups excluding carboxylic acids is 2. The van der Waals surface area contributed by atoms with E-state index < -0.39 is 32.5 Å². The Bertz CT molecular complexity index is 708. The average molecular weight is 579 g/mol. The van der Waals surface area contributed by atoms with Gasteiger partial charge in [0.25, 0.3) is 0 Å². The molecule has 0 radical (unpaired) electrons. The summed E-state index contributed by atoms with van der Waals surface area (Å²) in [6, 6.07) is 0. The number of hydrogen-bond donors (Lipinski definition) is 1. The molecular weight excluding hydrogens is 521 g/mol. The molecule has 230 valence electrons. The van der Waals surface area contributed by atoms with Crippen LogP contribution in [0.3, 0.4) is 0 Å². The molecule has 9 nitrogen and oxygen atoms in total. The fourth-order valence-corrected chi connectivity index (χ4v) is 4.38. The Morgan fingerprint density at radius 3 is 1.92 bits per heavy atom. The lowest BCUT2D eigenvalue weighted by atomic mass is 10.1. The molecule has 0 spiro atoms. The molecule has 0 fully saturated rings. The largest absolute Gasteiger partial charge is 0.472 e. The second-order valence-electron chi connectivity index (χ2n) is 11.1. The third kappa shape index (κ3) is 26.7. The first-order valence-corrected chi connectivity index (χ1v) is 16.4. The van der Waals surface area contributed by atoms with Gasteiger partial charge in [0, 0.05) is 12.8 Å². The number of carbonyl (C=O) groups is 2. The highest BCUT2D eigenvalue weighted by molar-refractivity contribution is 7.47. The van der Waals surface area contributed by atoms with Crippen LogP contribution in [-0.2, 0) is 32.7 Å². The zero-order valence-electron chi connectivity index (χ0n) is 25.4. The lowest BCUT2D eigenvalue weighted by Gasteiger charge is -2.24. The van der Waals surface area contributed by atoms with Crippen LogP contribution in [-0.4, -0.2) is 74.9 Å². The number of hydrogen-bond acceptors (Lipinski definition) is 7. The van der Waals surface area contributed by atoms with Gasteiger partial charge in [0.1, 0.15) is 19.8 Å². The summed E-state index contributed by atoms with van der Waals surface area (Å²) in [5, 5.41) is 0. The highest BCUT2D eigenvalue weighted by atomic mass is 31.2. The molecule has 0 saturated carbocycles. The summed E-state index contributed by atoms with van der Waals surface area (Å²) in [5.74, 6) is -0.910. The number of esters is 2. The quantitative estimate of drug-likeness (QED) is 0.0396. The number of phosphoric ester groups is 1. The minimum absolute atomic E-state index is 0.0298. The van der Waals surface area contributed by atoms with Crippen LogP contribution in [0.2, 0.25) is 0 Å². The van der Waals surface area contributed by atoms with Crippen LogP contribution in [0, 0.1) is 0 Å². The van der Waals surface area contributed by atoms with Gasteiger partial charge in [-0.1, -0.05) is 77.4 Å². The molecule has 0 aliphatic heterocycles. The van der Waals surface area contributed by atoms with Crippen LogP contribution in [0.15, 0.2) is 12.2 Å². The van der Waals surface area contributed by atoms with Gasteiger partial charge in [-0.25, -0.2) is 4.57 Å². The van der Waals surface area contributed by atoms with Crippen molar-refractivity contribution < 1.29 is 42.1 Å². The van der Waals surface area contributed by atoms with Crippen molar-refractivity contribution in [2.75, 3.05) is 47.5 Å². The molecule has 0 aliphatic carbocycles. The van der Waals surface area contributed by atoms with Crippen LogP contribution in [0.1, 0.15) is 110 Å². The third-order valence-corrected chi connectivity index (χ3v) is 7.08. The fourth-order valence-electron chi connectivity index (χ4n) is 3.63. The first-order valence-electron chi connectivity index (χ1n) is 14.9. The van der Waals surface area contributed by atoms with E-state index in [1.165, 1.54) is 44.9 Å². The van der Waals surface area contributed by atoms with Crippen molar-refractivity contribution in [2.45, 2.75) is 116 Å². The first kappa shape index (κ1) is 37.8. The van der Waals surface area contributed by atoms with Crippen molar-refractivity contribution in [2.24, 2.45) is 0 Å². The zero-order valence-corrected chi connectivity index (χ0v) is 26.3. The van der Waals surface area contributed by atoms with Crippen molar-refractivity contribution in [3.8, 4) is 0 Å². The Labute approximate surface area is 237 Å². The molecule has 0 amide bonds. The van der Waals surface area contributed by atoms with E-state index in [1.54, 1.807) is 6.92 Å². The van der Waals surface area contributed by atoms with Gasteiger partial charge in [0.05, 0.1) is 27.7 Å². The van der Waals surface area contributed by atoms with Crippen molar-refractivity contribution in [1.82, 2.24) is 0 Å². The summed E-state index contributed by atoms with van der Waals surface area (Å²) in [7, 11) is 1.46. The molecule has 0 aliphatic rings. The average Bonchev–Trinajstić information content (AvgIpc) is 2.86. The van der Waals surface area contributed by atoms with Crippen molar-refractivity contribution in [3.05, 3.63) is 12.2 Å². The van der Waals surface area contributed by atoms with Gasteiger partial charge >= 0.3 is 19.8 Å². The minimum Gasteiger partial charge on any atom is -0.462 e. The lowest BCUT2D eigenvalue weighted by molar-refractivity contribution is -0.870. The number of nitrogens with zero attached hydrogens (tertiary/aromatic N) is 1. The van der Waals surface area contributed by atoms with E-state index in [0.717, 1.165) is 32.1 Å². The summed E-state index contributed by atoms with van der Waals surface area (Å²) in [5.41, 5.74) is 0. The maximum absolute atomic E-state index is 12.3. The second kappa shape index (κ2) is 23.5. The van der Waals surface area contributed by atoms with Gasteiger partial charge < -0.3 is 18.9 Å². The van der Waals surface area contributed by atoms with Gasteiger partial charge in [-0.15, -0.1) is 0 Å². The molecule has 0 heterocycles. The molecule has 0 saturated heterocycles. The molecular formula is C29H57NO8P+. The Morgan fingerprint density at radius 1 is 0.795 bits per heavy atom. The standard InChI is InChI=1S/C29H56NO8P/c1-6-8-9-10-11-12-13-14-15-16-17-18-19-20-21-22-29(32)38-27(25-35-28(31)7-2)26-37-39(33,34)36-24-23-30(3,4)5/h14-15,27H,6-13,16-26H2,1-5H3/p+1/b15-14-. The smallest absolute Gasteiger partial charge is 0.462 e. The van der Waals surface area contributed by atoms with Crippen LogP contribution >= 0.6 is 7.82 Å². The zero-order chi connectivity index (χ0) is 29.4. The molecule has 1 N–H and O–H groups in total. The second-order valence-corrected chi connectivity index (χ2v) is 12.5. The number of quaternary nitrogens is 1. The minimum atomic E-state index is -4.33. The Morgan fingerprint density at radius 2 is 1.36 bits per heavy atom.